The van der Waals surface area contributed by atoms with E-state index in [1.807, 2.05) is 6.92 Å². The predicted octanol–water partition coefficient (Wildman–Crippen LogP) is 0.629. The minimum absolute atomic E-state index is 0.247. The van der Waals surface area contributed by atoms with Gasteiger partial charge < -0.3 is 9.47 Å². The molecule has 0 aromatic heterocycles. The maximum Gasteiger partial charge on any atom is 0.168 e. The van der Waals surface area contributed by atoms with E-state index in [4.69, 9.17) is 14.7 Å². The van der Waals surface area contributed by atoms with Crippen LogP contribution < -0.4 is 0 Å². The summed E-state index contributed by atoms with van der Waals surface area (Å²) >= 11 is 0. The van der Waals surface area contributed by atoms with Crippen molar-refractivity contribution in [2.75, 3.05) is 19.8 Å². The second-order valence-corrected chi connectivity index (χ2v) is 2.41. The summed E-state index contributed by atoms with van der Waals surface area (Å²) in [4.78, 5) is 3.91. The van der Waals surface area contributed by atoms with Crippen molar-refractivity contribution in [3.8, 4) is 0 Å². The molecule has 10 heavy (non-hydrogen) atoms. The SMILES string of the molecule is CC1(CCOO)OCCO1. The summed E-state index contributed by atoms with van der Waals surface area (Å²) < 4.78 is 10.5. The topological polar surface area (TPSA) is 47.9 Å². The standard InChI is InChI=1S/C6H12O4/c1-6(2-3-10-7)8-4-5-9-6/h7H,2-5H2,1H3. The maximum atomic E-state index is 8.03. The lowest BCUT2D eigenvalue weighted by Crippen LogP contribution is -2.27. The molecule has 0 atom stereocenters. The van der Waals surface area contributed by atoms with Crippen molar-refractivity contribution in [2.45, 2.75) is 19.1 Å². The third-order valence-electron chi connectivity index (χ3n) is 1.55. The molecular weight excluding hydrogens is 136 g/mol. The Morgan fingerprint density at radius 1 is 1.50 bits per heavy atom. The van der Waals surface area contributed by atoms with Crippen LogP contribution in [0, 0.1) is 0 Å². The monoisotopic (exact) mass is 148 g/mol. The van der Waals surface area contributed by atoms with Crippen molar-refractivity contribution in [1.29, 1.82) is 0 Å². The van der Waals surface area contributed by atoms with Gasteiger partial charge in [0.25, 0.3) is 0 Å². The fraction of sp³-hybridized carbons (Fsp3) is 1.00. The lowest BCUT2D eigenvalue weighted by molar-refractivity contribution is -0.260. The average Bonchev–Trinajstić information content (AvgIpc) is 2.33. The second kappa shape index (κ2) is 3.30. The fourth-order valence-electron chi connectivity index (χ4n) is 0.932. The molecule has 1 heterocycles. The Hall–Kier alpha value is -0.160. The zero-order valence-corrected chi connectivity index (χ0v) is 6.00. The molecule has 60 valence electrons. The molecule has 0 aliphatic carbocycles. The fourth-order valence-corrected chi connectivity index (χ4v) is 0.932. The van der Waals surface area contributed by atoms with E-state index in [1.54, 1.807) is 0 Å². The Morgan fingerprint density at radius 2 is 2.10 bits per heavy atom. The molecule has 4 heteroatoms. The van der Waals surface area contributed by atoms with Gasteiger partial charge in [-0.25, -0.2) is 4.89 Å². The van der Waals surface area contributed by atoms with Crippen LogP contribution in [-0.4, -0.2) is 30.9 Å². The first-order valence-corrected chi connectivity index (χ1v) is 3.31. The molecule has 1 aliphatic heterocycles. The number of rotatable bonds is 3. The van der Waals surface area contributed by atoms with E-state index in [0.29, 0.717) is 19.6 Å². The zero-order valence-electron chi connectivity index (χ0n) is 6.00. The van der Waals surface area contributed by atoms with Crippen LogP contribution in [0.25, 0.3) is 0 Å². The molecule has 1 aliphatic rings. The quantitative estimate of drug-likeness (QED) is 0.471. The van der Waals surface area contributed by atoms with Gasteiger partial charge in [-0.3, -0.25) is 5.26 Å². The molecule has 0 amide bonds. The third kappa shape index (κ3) is 1.91. The van der Waals surface area contributed by atoms with Crippen molar-refractivity contribution >= 4 is 0 Å². The summed E-state index contributed by atoms with van der Waals surface area (Å²) in [5.74, 6) is -0.539. The summed E-state index contributed by atoms with van der Waals surface area (Å²) in [7, 11) is 0. The highest BCUT2D eigenvalue weighted by Gasteiger charge is 2.30. The molecule has 0 unspecified atom stereocenters. The van der Waals surface area contributed by atoms with Crippen molar-refractivity contribution < 1.29 is 19.6 Å². The van der Waals surface area contributed by atoms with Crippen molar-refractivity contribution in [1.82, 2.24) is 0 Å². The van der Waals surface area contributed by atoms with Crippen LogP contribution in [0.4, 0.5) is 0 Å². The highest BCUT2D eigenvalue weighted by Crippen LogP contribution is 2.21. The Labute approximate surface area is 59.6 Å². The highest BCUT2D eigenvalue weighted by molar-refractivity contribution is 4.66. The molecular formula is C6H12O4. The molecule has 1 fully saturated rings. The van der Waals surface area contributed by atoms with E-state index in [-0.39, 0.29) is 6.61 Å². The average molecular weight is 148 g/mol. The van der Waals surface area contributed by atoms with E-state index in [0.717, 1.165) is 0 Å². The van der Waals surface area contributed by atoms with Gasteiger partial charge in [-0.05, 0) is 6.92 Å². The molecule has 0 bridgehead atoms. The van der Waals surface area contributed by atoms with Gasteiger partial charge in [0, 0.05) is 6.42 Å². The molecule has 0 spiro atoms. The van der Waals surface area contributed by atoms with Gasteiger partial charge in [0.1, 0.15) is 0 Å². The maximum absolute atomic E-state index is 8.03. The van der Waals surface area contributed by atoms with E-state index in [1.165, 1.54) is 0 Å². The van der Waals surface area contributed by atoms with Crippen molar-refractivity contribution in [2.24, 2.45) is 0 Å². The molecule has 0 radical (unpaired) electrons. The lowest BCUT2D eigenvalue weighted by atomic mass is 10.2. The number of hydrogen-bond acceptors (Lipinski definition) is 4. The third-order valence-corrected chi connectivity index (χ3v) is 1.55. The molecule has 4 nitrogen and oxygen atoms in total. The number of hydrogen-bond donors (Lipinski definition) is 1. The van der Waals surface area contributed by atoms with E-state index >= 15 is 0 Å². The van der Waals surface area contributed by atoms with Gasteiger partial charge in [-0.2, -0.15) is 0 Å². The minimum atomic E-state index is -0.539. The van der Waals surface area contributed by atoms with Gasteiger partial charge in [0.2, 0.25) is 0 Å². The van der Waals surface area contributed by atoms with Crippen LogP contribution in [0.1, 0.15) is 13.3 Å². The van der Waals surface area contributed by atoms with Crippen LogP contribution in [0.15, 0.2) is 0 Å². The smallest absolute Gasteiger partial charge is 0.168 e. The van der Waals surface area contributed by atoms with Crippen molar-refractivity contribution in [3.63, 3.8) is 0 Å². The Kier molecular flexibility index (Phi) is 2.62. The molecule has 0 aromatic carbocycles. The highest BCUT2D eigenvalue weighted by atomic mass is 17.1. The molecule has 0 aromatic rings. The Morgan fingerprint density at radius 3 is 2.60 bits per heavy atom. The molecule has 1 saturated heterocycles. The van der Waals surface area contributed by atoms with Gasteiger partial charge in [0.15, 0.2) is 5.79 Å². The normalized spacial score (nSPS) is 23.4. The summed E-state index contributed by atoms with van der Waals surface area (Å²) in [5.41, 5.74) is 0. The first kappa shape index (κ1) is 7.94. The molecule has 1 N–H and O–H groups in total. The minimum Gasteiger partial charge on any atom is -0.348 e. The van der Waals surface area contributed by atoms with E-state index < -0.39 is 5.79 Å². The Bertz CT molecular complexity index is 97.9. The summed E-state index contributed by atoms with van der Waals surface area (Å²) in [6.45, 7) is 3.33. The first-order valence-electron chi connectivity index (χ1n) is 3.31. The van der Waals surface area contributed by atoms with Crippen LogP contribution in [0.5, 0.6) is 0 Å². The molecule has 0 saturated carbocycles. The van der Waals surface area contributed by atoms with E-state index in [2.05, 4.69) is 4.89 Å². The van der Waals surface area contributed by atoms with Gasteiger partial charge in [-0.1, -0.05) is 0 Å². The summed E-state index contributed by atoms with van der Waals surface area (Å²) in [6, 6.07) is 0. The largest absolute Gasteiger partial charge is 0.348 e. The zero-order chi connectivity index (χ0) is 7.45. The lowest BCUT2D eigenvalue weighted by Gasteiger charge is -2.20. The van der Waals surface area contributed by atoms with Gasteiger partial charge in [0.05, 0.1) is 19.8 Å². The second-order valence-electron chi connectivity index (χ2n) is 2.41. The first-order chi connectivity index (χ1) is 4.77. The van der Waals surface area contributed by atoms with Gasteiger partial charge >= 0.3 is 0 Å². The van der Waals surface area contributed by atoms with Crippen LogP contribution in [-0.2, 0) is 14.4 Å². The van der Waals surface area contributed by atoms with Crippen LogP contribution in [0.3, 0.4) is 0 Å². The van der Waals surface area contributed by atoms with Crippen LogP contribution in [0.2, 0.25) is 0 Å². The predicted molar refractivity (Wildman–Crippen MR) is 33.5 cm³/mol. The summed E-state index contributed by atoms with van der Waals surface area (Å²) in [5, 5.41) is 8.03. The molecule has 1 rings (SSSR count). The summed E-state index contributed by atoms with van der Waals surface area (Å²) in [6.07, 6.45) is 0.559. The van der Waals surface area contributed by atoms with Crippen LogP contribution >= 0.6 is 0 Å². The van der Waals surface area contributed by atoms with E-state index in [9.17, 15) is 0 Å². The Balaban J connectivity index is 2.22. The van der Waals surface area contributed by atoms with Gasteiger partial charge in [-0.15, -0.1) is 0 Å². The van der Waals surface area contributed by atoms with Crippen molar-refractivity contribution in [3.05, 3.63) is 0 Å². The number of ether oxygens (including phenoxy) is 2.